The SMILES string of the molecule is COc1cc2c(cc1OC)C(Cc1cccc(-c3ccccc3)c1)NCC2.COc1cc2c(cc1OC)C(Cc1cccc(Br)c1)NCC2.O=C(O)C(=O)O.O=C(O)C(=O)O.O=C(O)C(=O)O. The Balaban J connectivity index is 0.000000264. The minimum absolute atomic E-state index is 0.277. The minimum Gasteiger partial charge on any atom is -0.493 e. The van der Waals surface area contributed by atoms with E-state index in [1.54, 1.807) is 28.4 Å². The Bertz CT molecular complexity index is 2410. The van der Waals surface area contributed by atoms with Gasteiger partial charge in [0.2, 0.25) is 0 Å². The third-order valence-corrected chi connectivity index (χ3v) is 10.5. The first-order chi connectivity index (χ1) is 31.9. The number of carbonyl (C=O) groups is 6. The van der Waals surface area contributed by atoms with Gasteiger partial charge in [0.15, 0.2) is 23.0 Å². The number of methoxy groups -OCH3 is 4. The van der Waals surface area contributed by atoms with Crippen molar-refractivity contribution in [3.63, 3.8) is 0 Å². The van der Waals surface area contributed by atoms with Crippen LogP contribution >= 0.6 is 15.9 Å². The van der Waals surface area contributed by atoms with Gasteiger partial charge < -0.3 is 60.2 Å². The van der Waals surface area contributed by atoms with Crippen LogP contribution in [0.2, 0.25) is 0 Å². The first-order valence-electron chi connectivity index (χ1n) is 20.2. The number of halogens is 1. The average molecular weight is 992 g/mol. The Morgan fingerprint density at radius 1 is 0.478 bits per heavy atom. The lowest BCUT2D eigenvalue weighted by Crippen LogP contribution is -2.31. The zero-order chi connectivity index (χ0) is 49.6. The van der Waals surface area contributed by atoms with Crippen LogP contribution in [0.15, 0.2) is 108 Å². The van der Waals surface area contributed by atoms with E-state index in [0.29, 0.717) is 6.04 Å². The van der Waals surface area contributed by atoms with E-state index in [2.05, 4.69) is 130 Å². The van der Waals surface area contributed by atoms with Gasteiger partial charge in [0.1, 0.15) is 0 Å². The van der Waals surface area contributed by atoms with Crippen LogP contribution in [-0.2, 0) is 54.5 Å². The minimum atomic E-state index is -1.82. The van der Waals surface area contributed by atoms with Crippen LogP contribution in [-0.4, -0.2) is 108 Å². The van der Waals surface area contributed by atoms with Gasteiger partial charge in [-0.25, -0.2) is 28.8 Å². The fourth-order valence-corrected chi connectivity index (χ4v) is 7.39. The van der Waals surface area contributed by atoms with Crippen LogP contribution in [0.1, 0.15) is 45.5 Å². The molecule has 2 aliphatic heterocycles. The van der Waals surface area contributed by atoms with E-state index in [4.69, 9.17) is 78.4 Å². The van der Waals surface area contributed by atoms with Crippen LogP contribution in [0.5, 0.6) is 23.0 Å². The van der Waals surface area contributed by atoms with Crippen molar-refractivity contribution in [1.82, 2.24) is 10.6 Å². The standard InChI is InChI=1S/C24H25NO2.C18H20BrNO2.3C2H2O4/c1-26-23-15-20-11-12-25-22(21(20)16-24(23)27-2)14-17-7-6-10-19(13-17)18-8-4-3-5-9-18;1-21-17-10-13-6-7-20-16(15(13)11-18(17)22-2)9-12-4-3-5-14(19)8-12;3*3-1(4)2(5)6/h3-10,13,15-16,22,25H,11-12,14H2,1-2H3;3-5,8,10-11,16,20H,6-7,9H2,1-2H3;3*(H,3,4)(H,5,6). The van der Waals surface area contributed by atoms with Crippen molar-refractivity contribution in [2.75, 3.05) is 41.5 Å². The average Bonchev–Trinajstić information content (AvgIpc) is 3.32. The Morgan fingerprint density at radius 2 is 0.836 bits per heavy atom. The molecule has 0 saturated carbocycles. The number of benzene rings is 5. The van der Waals surface area contributed by atoms with Crippen LogP contribution in [0.25, 0.3) is 11.1 Å². The molecule has 8 N–H and O–H groups in total. The number of hydrogen-bond donors (Lipinski definition) is 8. The maximum absolute atomic E-state index is 9.10. The second-order valence-corrected chi connectivity index (χ2v) is 15.2. The summed E-state index contributed by atoms with van der Waals surface area (Å²) in [5, 5.41) is 51.6. The molecule has 2 aliphatic rings. The Hall–Kier alpha value is -7.48. The molecule has 0 aliphatic carbocycles. The highest BCUT2D eigenvalue weighted by atomic mass is 79.9. The molecule has 0 radical (unpaired) electrons. The molecule has 0 amide bonds. The topological polar surface area (TPSA) is 285 Å². The number of fused-ring (bicyclic) bond motifs is 2. The van der Waals surface area contributed by atoms with Crippen molar-refractivity contribution in [1.29, 1.82) is 0 Å². The monoisotopic (exact) mass is 990 g/mol. The fourth-order valence-electron chi connectivity index (χ4n) is 6.95. The van der Waals surface area contributed by atoms with Crippen molar-refractivity contribution in [3.05, 3.63) is 141 Å². The first-order valence-corrected chi connectivity index (χ1v) is 21.0. The predicted octanol–water partition coefficient (Wildman–Crippen LogP) is 6.16. The molecule has 2 unspecified atom stereocenters. The summed E-state index contributed by atoms with van der Waals surface area (Å²) in [5.41, 5.74) is 10.5. The molecule has 0 saturated heterocycles. The summed E-state index contributed by atoms with van der Waals surface area (Å²) >= 11 is 3.54. The summed E-state index contributed by atoms with van der Waals surface area (Å²) in [6.45, 7) is 1.96. The molecule has 356 valence electrons. The van der Waals surface area contributed by atoms with Gasteiger partial charge in [0, 0.05) is 16.6 Å². The van der Waals surface area contributed by atoms with E-state index < -0.39 is 35.8 Å². The van der Waals surface area contributed by atoms with Gasteiger partial charge in [-0.3, -0.25) is 0 Å². The third kappa shape index (κ3) is 17.1. The van der Waals surface area contributed by atoms with E-state index in [-0.39, 0.29) is 6.04 Å². The van der Waals surface area contributed by atoms with Gasteiger partial charge in [-0.1, -0.05) is 82.7 Å². The highest BCUT2D eigenvalue weighted by Gasteiger charge is 2.24. The second-order valence-electron chi connectivity index (χ2n) is 14.3. The molecule has 18 nitrogen and oxygen atoms in total. The lowest BCUT2D eigenvalue weighted by Gasteiger charge is -2.28. The molecule has 7 rings (SSSR count). The normalized spacial score (nSPS) is 13.9. The van der Waals surface area contributed by atoms with Crippen LogP contribution < -0.4 is 29.6 Å². The number of aliphatic carboxylic acids is 6. The molecular formula is C48H51BrN2O16. The van der Waals surface area contributed by atoms with Crippen LogP contribution in [0.3, 0.4) is 0 Å². The summed E-state index contributed by atoms with van der Waals surface area (Å²) < 4.78 is 23.0. The molecule has 2 heterocycles. The predicted molar refractivity (Wildman–Crippen MR) is 247 cm³/mol. The van der Waals surface area contributed by atoms with E-state index in [1.165, 1.54) is 44.5 Å². The molecular weight excluding hydrogens is 940 g/mol. The van der Waals surface area contributed by atoms with Gasteiger partial charge in [0.25, 0.3) is 0 Å². The van der Waals surface area contributed by atoms with E-state index in [9.17, 15) is 0 Å². The van der Waals surface area contributed by atoms with E-state index in [1.807, 2.05) is 0 Å². The molecule has 0 fully saturated rings. The molecule has 67 heavy (non-hydrogen) atoms. The maximum atomic E-state index is 9.10. The lowest BCUT2D eigenvalue weighted by molar-refractivity contribution is -0.159. The summed E-state index contributed by atoms with van der Waals surface area (Å²) in [6.07, 6.45) is 3.94. The maximum Gasteiger partial charge on any atom is 0.414 e. The van der Waals surface area contributed by atoms with E-state index >= 15 is 0 Å². The van der Waals surface area contributed by atoms with Gasteiger partial charge in [-0.2, -0.15) is 0 Å². The summed E-state index contributed by atoms with van der Waals surface area (Å²) in [4.78, 5) is 54.6. The smallest absolute Gasteiger partial charge is 0.414 e. The van der Waals surface area contributed by atoms with Gasteiger partial charge in [-0.05, 0) is 120 Å². The third-order valence-electron chi connectivity index (χ3n) is 9.96. The highest BCUT2D eigenvalue weighted by molar-refractivity contribution is 9.10. The molecule has 0 bridgehead atoms. The summed E-state index contributed by atoms with van der Waals surface area (Å²) in [6, 6.07) is 36.9. The van der Waals surface area contributed by atoms with Crippen molar-refractivity contribution in [2.24, 2.45) is 0 Å². The van der Waals surface area contributed by atoms with Crippen LogP contribution in [0.4, 0.5) is 0 Å². The van der Waals surface area contributed by atoms with Crippen molar-refractivity contribution < 1.29 is 78.4 Å². The quantitative estimate of drug-likeness (QED) is 0.0767. The molecule has 19 heteroatoms. The van der Waals surface area contributed by atoms with E-state index in [0.717, 1.165) is 66.2 Å². The van der Waals surface area contributed by atoms with Crippen molar-refractivity contribution >= 4 is 51.7 Å². The fraction of sp³-hybridized carbons (Fsp3) is 0.250. The van der Waals surface area contributed by atoms with Crippen LogP contribution in [0, 0.1) is 0 Å². The number of carboxylic acids is 6. The molecule has 0 aromatic heterocycles. The zero-order valence-electron chi connectivity index (χ0n) is 36.9. The largest absolute Gasteiger partial charge is 0.493 e. The number of carboxylic acid groups (broad SMARTS) is 6. The van der Waals surface area contributed by atoms with Crippen molar-refractivity contribution in [3.8, 4) is 34.1 Å². The lowest BCUT2D eigenvalue weighted by atomic mass is 9.89. The summed E-state index contributed by atoms with van der Waals surface area (Å²) in [5.74, 6) is -7.74. The molecule has 0 spiro atoms. The first kappa shape index (κ1) is 53.9. The van der Waals surface area contributed by atoms with Gasteiger partial charge in [-0.15, -0.1) is 0 Å². The molecule has 2 atom stereocenters. The Morgan fingerprint density at radius 3 is 1.21 bits per heavy atom. The highest BCUT2D eigenvalue weighted by Crippen LogP contribution is 2.38. The van der Waals surface area contributed by atoms with Gasteiger partial charge in [0.05, 0.1) is 28.4 Å². The molecule has 5 aromatic rings. The number of nitrogens with one attached hydrogen (secondary N) is 2. The zero-order valence-corrected chi connectivity index (χ0v) is 38.4. The van der Waals surface area contributed by atoms with Gasteiger partial charge >= 0.3 is 35.8 Å². The Kier molecular flexibility index (Phi) is 21.8. The number of ether oxygens (including phenoxy) is 4. The summed E-state index contributed by atoms with van der Waals surface area (Å²) in [7, 11) is 6.75. The Labute approximate surface area is 393 Å². The molecule has 5 aromatic carbocycles. The second kappa shape index (κ2) is 27.1. The van der Waals surface area contributed by atoms with Crippen molar-refractivity contribution in [2.45, 2.75) is 37.8 Å². The number of hydrogen-bond acceptors (Lipinski definition) is 12. The number of rotatable bonds is 9.